The van der Waals surface area contributed by atoms with Gasteiger partial charge in [-0.05, 0) is 47.2 Å². The van der Waals surface area contributed by atoms with Gasteiger partial charge in [-0.2, -0.15) is 0 Å². The minimum Gasteiger partial charge on any atom is -0.358 e. The fourth-order valence-electron chi connectivity index (χ4n) is 2.70. The number of H-pyrrole nitrogens is 1. The predicted octanol–water partition coefficient (Wildman–Crippen LogP) is 2.65. The number of carbonyl (C=O) groups excluding carboxylic acids is 1. The third-order valence-corrected chi connectivity index (χ3v) is 4.42. The van der Waals surface area contributed by atoms with E-state index in [-0.39, 0.29) is 42.4 Å². The Bertz CT molecular complexity index is 883. The first-order valence-corrected chi connectivity index (χ1v) is 8.94. The average Bonchev–Trinajstić information content (AvgIpc) is 3.17. The number of ether oxygens (including phenoxy) is 1. The molecule has 0 amide bonds. The first-order chi connectivity index (χ1) is 14.0. The molecule has 1 aliphatic carbocycles. The van der Waals surface area contributed by atoms with Gasteiger partial charge in [0.05, 0.1) is 17.1 Å². The zero-order valence-corrected chi connectivity index (χ0v) is 19.8. The van der Waals surface area contributed by atoms with Gasteiger partial charge in [0, 0.05) is 29.3 Å². The van der Waals surface area contributed by atoms with Crippen molar-refractivity contribution < 1.29 is 40.6 Å². The molecule has 0 radical (unpaired) electrons. The number of hydrogen-bond acceptors (Lipinski definition) is 4. The molecule has 1 heterocycles. The smallest absolute Gasteiger partial charge is 0 e. The van der Waals surface area contributed by atoms with Gasteiger partial charge in [-0.1, -0.05) is 19.1 Å². The second-order valence-corrected chi connectivity index (χ2v) is 6.16. The molecule has 1 aliphatic rings. The van der Waals surface area contributed by atoms with Crippen molar-refractivity contribution in [1.29, 1.82) is 0 Å². The number of rotatable bonds is 5. The Morgan fingerprint density at radius 3 is 2.29 bits per heavy atom. The molecule has 0 saturated carbocycles. The zero-order valence-electron chi connectivity index (χ0n) is 17.1. The largest absolute Gasteiger partial charge is 0.358 e. The van der Waals surface area contributed by atoms with Gasteiger partial charge in [0.25, 0.3) is 5.56 Å². The Hall–Kier alpha value is -2.15. The van der Waals surface area contributed by atoms with Crippen molar-refractivity contribution in [3.63, 3.8) is 0 Å². The number of aromatic nitrogens is 2. The zero-order chi connectivity index (χ0) is 23.0. The Kier molecular flexibility index (Phi) is 24.7. The quantitative estimate of drug-likeness (QED) is 0.202. The molecule has 0 unspecified atom stereocenters. The Labute approximate surface area is 199 Å². The number of aromatic amines is 1. The molecule has 2 rings (SSSR count). The van der Waals surface area contributed by atoms with Gasteiger partial charge < -0.3 is 12.2 Å². The van der Waals surface area contributed by atoms with E-state index in [1.165, 1.54) is 16.8 Å². The van der Waals surface area contributed by atoms with Crippen LogP contribution in [-0.4, -0.2) is 22.1 Å². The van der Waals surface area contributed by atoms with Crippen molar-refractivity contribution in [2.24, 2.45) is 5.92 Å². The monoisotopic (exact) mass is 537 g/mol. The molecular formula is C20H22BrFeN2O7-. The molecule has 1 N–H and O–H groups in total. The average molecular weight is 538 g/mol. The molecule has 1 aromatic rings. The van der Waals surface area contributed by atoms with E-state index >= 15 is 0 Å². The molecule has 0 aromatic carbocycles. The van der Waals surface area contributed by atoms with Crippen LogP contribution in [0.15, 0.2) is 44.1 Å². The van der Waals surface area contributed by atoms with E-state index in [4.69, 9.17) is 18.7 Å². The molecule has 2 atom stereocenters. The van der Waals surface area contributed by atoms with Crippen LogP contribution in [0.25, 0.3) is 0 Å². The third kappa shape index (κ3) is 11.7. The van der Waals surface area contributed by atoms with Crippen LogP contribution < -0.4 is 11.2 Å². The molecule has 31 heavy (non-hydrogen) atoms. The van der Waals surface area contributed by atoms with Crippen LogP contribution in [0, 0.1) is 33.3 Å². The van der Waals surface area contributed by atoms with Crippen molar-refractivity contribution >= 4 is 21.9 Å². The van der Waals surface area contributed by atoms with Gasteiger partial charge >= 0.3 is 45.6 Å². The normalized spacial score (nSPS) is 15.6. The maximum Gasteiger partial charge on any atom is 0 e. The van der Waals surface area contributed by atoms with Crippen LogP contribution in [-0.2, 0) is 40.6 Å². The summed E-state index contributed by atoms with van der Waals surface area (Å²) in [6.07, 6.45) is 8.26. The maximum absolute atomic E-state index is 12.0. The van der Waals surface area contributed by atoms with E-state index in [1.54, 1.807) is 13.0 Å². The molecule has 170 valence electrons. The van der Waals surface area contributed by atoms with Crippen LogP contribution >= 0.6 is 15.9 Å². The van der Waals surface area contributed by atoms with E-state index in [9.17, 15) is 14.4 Å². The van der Waals surface area contributed by atoms with Crippen LogP contribution in [0.5, 0.6) is 0 Å². The summed E-state index contributed by atoms with van der Waals surface area (Å²) in [5.74, 6) is -0.126. The van der Waals surface area contributed by atoms with Gasteiger partial charge in [-0.3, -0.25) is 14.3 Å². The Balaban J connectivity index is -0.000000419. The Morgan fingerprint density at radius 1 is 1.26 bits per heavy atom. The maximum atomic E-state index is 12.0. The molecule has 0 bridgehead atoms. The van der Waals surface area contributed by atoms with Gasteiger partial charge in [0.1, 0.15) is 0 Å². The SMILES string of the molecule is CCOC(=O)/C=C/C1=C[C@H](n2cc(Br)c(=O)[nH]c2=O)C[C@@H]1CC.[C-]#[O+].[C-]#[O+].[C-]#[O+].[CH3-].[Fe]. The second-order valence-electron chi connectivity index (χ2n) is 5.30. The summed E-state index contributed by atoms with van der Waals surface area (Å²) in [4.78, 5) is 37.2. The minimum absolute atomic E-state index is 0. The summed E-state index contributed by atoms with van der Waals surface area (Å²) in [6, 6.07) is -0.151. The number of carbonyl (C=O) groups is 1. The molecule has 0 saturated heterocycles. The van der Waals surface area contributed by atoms with E-state index in [2.05, 4.69) is 47.8 Å². The molecule has 0 fully saturated rings. The number of nitrogens with one attached hydrogen (secondary N) is 1. The van der Waals surface area contributed by atoms with E-state index < -0.39 is 11.2 Å². The summed E-state index contributed by atoms with van der Waals surface area (Å²) >= 11 is 3.14. The molecule has 0 spiro atoms. The number of esters is 1. The summed E-state index contributed by atoms with van der Waals surface area (Å²) in [5.41, 5.74) is 0.118. The number of allylic oxidation sites excluding steroid dienone is 3. The summed E-state index contributed by atoms with van der Waals surface area (Å²) in [7, 11) is 0. The van der Waals surface area contributed by atoms with E-state index in [0.29, 0.717) is 11.1 Å². The fourth-order valence-corrected chi connectivity index (χ4v) is 3.02. The summed E-state index contributed by atoms with van der Waals surface area (Å²) in [6.45, 7) is 17.7. The number of halogens is 1. The van der Waals surface area contributed by atoms with Crippen LogP contribution in [0.2, 0.25) is 0 Å². The van der Waals surface area contributed by atoms with Crippen LogP contribution in [0.1, 0.15) is 32.7 Å². The standard InChI is InChI=1S/C16H19BrN2O4.3CO.CH3.Fe/c1-3-10-7-12(8-11(10)5-6-14(20)23-4-2)19-9-13(17)15(21)18-16(19)22;3*1-2;;/h5-6,8-10,12H,3-4,7H2,1-2H3,(H,18,21,22);;;;1H3;/q;;;;-1;/b6-5+;;;;;/t10-,12+;;;;;/m0...../s1. The first kappa shape index (κ1) is 36.2. The van der Waals surface area contributed by atoms with Crippen molar-refractivity contribution in [3.05, 3.63) is 82.7 Å². The summed E-state index contributed by atoms with van der Waals surface area (Å²) < 4.78 is 29.2. The van der Waals surface area contributed by atoms with Gasteiger partial charge in [-0.15, -0.1) is 0 Å². The van der Waals surface area contributed by atoms with Gasteiger partial charge in [-0.25, -0.2) is 9.59 Å². The predicted molar refractivity (Wildman–Crippen MR) is 109 cm³/mol. The van der Waals surface area contributed by atoms with Crippen LogP contribution in [0.3, 0.4) is 0 Å². The summed E-state index contributed by atoms with van der Waals surface area (Å²) in [5, 5.41) is 0. The van der Waals surface area contributed by atoms with Gasteiger partial charge in [0.2, 0.25) is 0 Å². The number of hydrogen-bond donors (Lipinski definition) is 1. The van der Waals surface area contributed by atoms with Gasteiger partial charge in [0.15, 0.2) is 0 Å². The van der Waals surface area contributed by atoms with Crippen molar-refractivity contribution in [2.45, 2.75) is 32.7 Å². The molecule has 9 nitrogen and oxygen atoms in total. The molecular weight excluding hydrogens is 516 g/mol. The van der Waals surface area contributed by atoms with E-state index in [0.717, 1.165) is 18.4 Å². The fraction of sp³-hybridized carbons (Fsp3) is 0.350. The van der Waals surface area contributed by atoms with Crippen LogP contribution in [0.4, 0.5) is 0 Å². The third-order valence-electron chi connectivity index (χ3n) is 3.86. The Morgan fingerprint density at radius 2 is 1.81 bits per heavy atom. The molecule has 0 aliphatic heterocycles. The topological polar surface area (TPSA) is 141 Å². The number of nitrogens with zero attached hydrogens (tertiary/aromatic N) is 1. The van der Waals surface area contributed by atoms with Crippen molar-refractivity contribution in [2.75, 3.05) is 6.61 Å². The van der Waals surface area contributed by atoms with Crippen molar-refractivity contribution in [1.82, 2.24) is 9.55 Å². The molecule has 1 aromatic heterocycles. The van der Waals surface area contributed by atoms with Crippen molar-refractivity contribution in [3.8, 4) is 0 Å². The second kappa shape index (κ2) is 21.1. The minimum atomic E-state index is -0.442. The first-order valence-electron chi connectivity index (χ1n) is 8.15. The molecule has 11 heteroatoms. The van der Waals surface area contributed by atoms with E-state index in [1.807, 2.05) is 6.08 Å².